The molecule has 4 heteroatoms. The van der Waals surface area contributed by atoms with Gasteiger partial charge in [-0.2, -0.15) is 0 Å². The maximum Gasteiger partial charge on any atom is 0.134 e. The Balaban J connectivity index is 2.20. The summed E-state index contributed by atoms with van der Waals surface area (Å²) in [5.74, 6) is 1.72. The number of furan rings is 1. The summed E-state index contributed by atoms with van der Waals surface area (Å²) in [6, 6.07) is 5.65. The monoisotopic (exact) mass is 232 g/mol. The van der Waals surface area contributed by atoms with Crippen LogP contribution in [0.4, 0.5) is 5.82 Å². The Labute approximate surface area is 101 Å². The molecule has 0 amide bonds. The molecule has 0 fully saturated rings. The highest BCUT2D eigenvalue weighted by Crippen LogP contribution is 2.19. The van der Waals surface area contributed by atoms with Crippen molar-refractivity contribution in [2.24, 2.45) is 0 Å². The number of aryl methyl sites for hydroxylation is 1. The minimum Gasteiger partial charge on any atom is -0.469 e. The largest absolute Gasteiger partial charge is 0.469 e. The minimum absolute atomic E-state index is 0.00210. The predicted molar refractivity (Wildman–Crippen MR) is 65.7 cm³/mol. The minimum atomic E-state index is -0.00210. The van der Waals surface area contributed by atoms with Gasteiger partial charge in [0.05, 0.1) is 12.9 Å². The van der Waals surface area contributed by atoms with Crippen LogP contribution in [0.15, 0.2) is 35.1 Å². The molecule has 0 atom stereocenters. The first kappa shape index (κ1) is 11.7. The average molecular weight is 232 g/mol. The molecule has 1 N–H and O–H groups in total. The Hall–Kier alpha value is -1.81. The van der Waals surface area contributed by atoms with E-state index >= 15 is 0 Å². The Morgan fingerprint density at radius 1 is 1.35 bits per heavy atom. The number of aliphatic hydroxyl groups excluding tert-OH is 1. The van der Waals surface area contributed by atoms with E-state index in [1.54, 1.807) is 12.5 Å². The Kier molecular flexibility index (Phi) is 3.44. The summed E-state index contributed by atoms with van der Waals surface area (Å²) in [6.07, 6.45) is 3.41. The Morgan fingerprint density at radius 3 is 2.82 bits per heavy atom. The standard InChI is InChI=1S/C13H16N2O2/c1-10-11(5-7-17-10)8-15(2)13-12(9-16)4-3-6-14-13/h3-7,16H,8-9H2,1-2H3. The van der Waals surface area contributed by atoms with Gasteiger partial charge in [-0.3, -0.25) is 0 Å². The Morgan fingerprint density at radius 2 is 2.18 bits per heavy atom. The SMILES string of the molecule is Cc1occc1CN(C)c1ncccc1CO. The second-order valence-corrected chi connectivity index (χ2v) is 4.00. The molecule has 2 heterocycles. The van der Waals surface area contributed by atoms with Gasteiger partial charge in [-0.05, 0) is 19.1 Å². The third kappa shape index (κ3) is 2.47. The van der Waals surface area contributed by atoms with Gasteiger partial charge in [-0.25, -0.2) is 4.98 Å². The molecule has 90 valence electrons. The number of anilines is 1. The highest BCUT2D eigenvalue weighted by Gasteiger charge is 2.10. The van der Waals surface area contributed by atoms with Crippen molar-refractivity contribution < 1.29 is 9.52 Å². The van der Waals surface area contributed by atoms with E-state index < -0.39 is 0 Å². The lowest BCUT2D eigenvalue weighted by Crippen LogP contribution is -2.19. The van der Waals surface area contributed by atoms with Crippen molar-refractivity contribution >= 4 is 5.82 Å². The first-order valence-corrected chi connectivity index (χ1v) is 5.51. The molecule has 0 spiro atoms. The molecule has 2 rings (SSSR count). The summed E-state index contributed by atoms with van der Waals surface area (Å²) in [6.45, 7) is 2.65. The Bertz CT molecular complexity index is 494. The van der Waals surface area contributed by atoms with Gasteiger partial charge in [0.15, 0.2) is 0 Å². The van der Waals surface area contributed by atoms with E-state index in [1.165, 1.54) is 0 Å². The van der Waals surface area contributed by atoms with Crippen molar-refractivity contribution in [3.8, 4) is 0 Å². The quantitative estimate of drug-likeness (QED) is 0.877. The van der Waals surface area contributed by atoms with Crippen molar-refractivity contribution in [2.75, 3.05) is 11.9 Å². The molecule has 2 aromatic rings. The zero-order chi connectivity index (χ0) is 12.3. The van der Waals surface area contributed by atoms with Crippen LogP contribution < -0.4 is 4.90 Å². The van der Waals surface area contributed by atoms with Crippen LogP contribution in [0.1, 0.15) is 16.9 Å². The number of hydrogen-bond acceptors (Lipinski definition) is 4. The third-order valence-electron chi connectivity index (χ3n) is 2.77. The fourth-order valence-corrected chi connectivity index (χ4v) is 1.80. The third-order valence-corrected chi connectivity index (χ3v) is 2.77. The fraction of sp³-hybridized carbons (Fsp3) is 0.308. The van der Waals surface area contributed by atoms with Crippen LogP contribution in [0.25, 0.3) is 0 Å². The smallest absolute Gasteiger partial charge is 0.134 e. The number of aliphatic hydroxyl groups is 1. The number of hydrogen-bond donors (Lipinski definition) is 1. The van der Waals surface area contributed by atoms with Crippen molar-refractivity contribution in [2.45, 2.75) is 20.1 Å². The van der Waals surface area contributed by atoms with Gasteiger partial charge in [0.1, 0.15) is 11.6 Å². The summed E-state index contributed by atoms with van der Waals surface area (Å²) < 4.78 is 5.26. The number of rotatable bonds is 4. The lowest BCUT2D eigenvalue weighted by atomic mass is 10.2. The predicted octanol–water partition coefficient (Wildman–Crippen LogP) is 2.11. The van der Waals surface area contributed by atoms with Crippen LogP contribution in [-0.4, -0.2) is 17.1 Å². The maximum absolute atomic E-state index is 9.26. The molecule has 0 aliphatic rings. The van der Waals surface area contributed by atoms with Gasteiger partial charge in [-0.1, -0.05) is 6.07 Å². The van der Waals surface area contributed by atoms with Crippen molar-refractivity contribution in [3.05, 3.63) is 47.5 Å². The molecule has 0 aromatic carbocycles. The molecule has 2 aromatic heterocycles. The molecular weight excluding hydrogens is 216 g/mol. The number of aromatic nitrogens is 1. The summed E-state index contributed by atoms with van der Waals surface area (Å²) in [7, 11) is 1.95. The lowest BCUT2D eigenvalue weighted by Gasteiger charge is -2.20. The molecule has 0 saturated carbocycles. The second kappa shape index (κ2) is 5.01. The van der Waals surface area contributed by atoms with Crippen LogP contribution >= 0.6 is 0 Å². The second-order valence-electron chi connectivity index (χ2n) is 4.00. The van der Waals surface area contributed by atoms with E-state index in [4.69, 9.17) is 4.42 Å². The number of nitrogens with zero attached hydrogens (tertiary/aromatic N) is 2. The van der Waals surface area contributed by atoms with E-state index in [-0.39, 0.29) is 6.61 Å². The zero-order valence-electron chi connectivity index (χ0n) is 10.1. The van der Waals surface area contributed by atoms with Crippen molar-refractivity contribution in [1.82, 2.24) is 4.98 Å². The molecule has 0 saturated heterocycles. The van der Waals surface area contributed by atoms with E-state index in [0.29, 0.717) is 6.54 Å². The van der Waals surface area contributed by atoms with Crippen LogP contribution in [-0.2, 0) is 13.2 Å². The normalized spacial score (nSPS) is 10.5. The molecule has 0 radical (unpaired) electrons. The van der Waals surface area contributed by atoms with E-state index in [2.05, 4.69) is 4.98 Å². The van der Waals surface area contributed by atoms with E-state index in [9.17, 15) is 5.11 Å². The average Bonchev–Trinajstić information content (AvgIpc) is 2.75. The first-order chi connectivity index (χ1) is 8.22. The van der Waals surface area contributed by atoms with Crippen LogP contribution in [0.3, 0.4) is 0 Å². The zero-order valence-corrected chi connectivity index (χ0v) is 10.1. The molecule has 0 aliphatic heterocycles. The highest BCUT2D eigenvalue weighted by molar-refractivity contribution is 5.46. The van der Waals surface area contributed by atoms with Gasteiger partial charge in [-0.15, -0.1) is 0 Å². The summed E-state index contributed by atoms with van der Waals surface area (Å²) in [4.78, 5) is 6.30. The van der Waals surface area contributed by atoms with Crippen LogP contribution in [0.2, 0.25) is 0 Å². The van der Waals surface area contributed by atoms with Crippen LogP contribution in [0.5, 0.6) is 0 Å². The van der Waals surface area contributed by atoms with Gasteiger partial charge in [0.2, 0.25) is 0 Å². The fourth-order valence-electron chi connectivity index (χ4n) is 1.80. The molecule has 4 nitrogen and oxygen atoms in total. The van der Waals surface area contributed by atoms with Gasteiger partial charge in [0.25, 0.3) is 0 Å². The first-order valence-electron chi connectivity index (χ1n) is 5.51. The molecular formula is C13H16N2O2. The van der Waals surface area contributed by atoms with Crippen LogP contribution in [0, 0.1) is 6.92 Å². The summed E-state index contributed by atoms with van der Waals surface area (Å²) in [5.41, 5.74) is 1.96. The molecule has 17 heavy (non-hydrogen) atoms. The lowest BCUT2D eigenvalue weighted by molar-refractivity contribution is 0.281. The van der Waals surface area contributed by atoms with Gasteiger partial charge >= 0.3 is 0 Å². The van der Waals surface area contributed by atoms with Gasteiger partial charge < -0.3 is 14.4 Å². The van der Waals surface area contributed by atoms with E-state index in [0.717, 1.165) is 22.7 Å². The maximum atomic E-state index is 9.26. The van der Waals surface area contributed by atoms with Gasteiger partial charge in [0, 0.05) is 30.9 Å². The molecule has 0 aliphatic carbocycles. The van der Waals surface area contributed by atoms with Crippen molar-refractivity contribution in [3.63, 3.8) is 0 Å². The van der Waals surface area contributed by atoms with Crippen molar-refractivity contribution in [1.29, 1.82) is 0 Å². The summed E-state index contributed by atoms with van der Waals surface area (Å²) >= 11 is 0. The topological polar surface area (TPSA) is 49.5 Å². The highest BCUT2D eigenvalue weighted by atomic mass is 16.3. The molecule has 0 unspecified atom stereocenters. The molecule has 0 bridgehead atoms. The summed E-state index contributed by atoms with van der Waals surface area (Å²) in [5, 5.41) is 9.26. The number of pyridine rings is 1. The van der Waals surface area contributed by atoms with E-state index in [1.807, 2.05) is 37.1 Å².